The first kappa shape index (κ1) is 18.4. The minimum absolute atomic E-state index is 0.127. The van der Waals surface area contributed by atoms with Crippen molar-refractivity contribution in [2.45, 2.75) is 32.7 Å². The van der Waals surface area contributed by atoms with Gasteiger partial charge in [0, 0.05) is 55.2 Å². The molecule has 5 rings (SSSR count). The summed E-state index contributed by atoms with van der Waals surface area (Å²) in [7, 11) is 0. The summed E-state index contributed by atoms with van der Waals surface area (Å²) in [5.41, 5.74) is 6.55. The second-order valence-corrected chi connectivity index (χ2v) is 8.66. The molecule has 2 aliphatic rings. The van der Waals surface area contributed by atoms with Crippen LogP contribution in [0.15, 0.2) is 48.5 Å². The molecule has 1 fully saturated rings. The highest BCUT2D eigenvalue weighted by Gasteiger charge is 2.31. The number of aromatic nitrogens is 1. The summed E-state index contributed by atoms with van der Waals surface area (Å²) in [6, 6.07) is 17.2. The molecule has 1 aliphatic carbocycles. The van der Waals surface area contributed by atoms with Gasteiger partial charge in [-0.2, -0.15) is 0 Å². The number of nitrogens with zero attached hydrogens (tertiary/aromatic N) is 2. The van der Waals surface area contributed by atoms with Crippen LogP contribution in [0.5, 0.6) is 0 Å². The van der Waals surface area contributed by atoms with E-state index in [9.17, 15) is 4.79 Å². The maximum atomic E-state index is 13.3. The Morgan fingerprint density at radius 1 is 1.07 bits per heavy atom. The molecule has 1 amide bonds. The number of aromatic amines is 1. The predicted octanol–water partition coefficient (Wildman–Crippen LogP) is 3.93. The normalized spacial score (nSPS) is 20.0. The number of H-pyrrole nitrogens is 1. The van der Waals surface area contributed by atoms with E-state index < -0.39 is 0 Å². The zero-order chi connectivity index (χ0) is 19.8. The fourth-order valence-electron chi connectivity index (χ4n) is 4.97. The van der Waals surface area contributed by atoms with E-state index in [0.717, 1.165) is 52.0 Å². The van der Waals surface area contributed by atoms with Crippen molar-refractivity contribution >= 4 is 16.8 Å². The van der Waals surface area contributed by atoms with Gasteiger partial charge in [0.25, 0.3) is 0 Å². The number of amides is 1. The van der Waals surface area contributed by atoms with E-state index in [1.165, 1.54) is 33.3 Å². The molecule has 1 atom stereocenters. The molecule has 0 saturated carbocycles. The molecule has 3 aromatic rings. The maximum Gasteiger partial charge on any atom is 0.226 e. The van der Waals surface area contributed by atoms with Gasteiger partial charge in [0.1, 0.15) is 0 Å². The minimum atomic E-state index is 0.127. The molecule has 0 bridgehead atoms. The van der Waals surface area contributed by atoms with E-state index in [2.05, 4.69) is 70.2 Å². The Kier molecular flexibility index (Phi) is 4.88. The SMILES string of the molecule is Cc1ccc2[nH]c3c(c2c1)CC(C(=O)N1CCN(Cc2ccccc2)CC1)CC3. The van der Waals surface area contributed by atoms with Crippen LogP contribution in [0.25, 0.3) is 10.9 Å². The lowest BCUT2D eigenvalue weighted by atomic mass is 9.85. The maximum absolute atomic E-state index is 13.3. The van der Waals surface area contributed by atoms with Gasteiger partial charge in [0.05, 0.1) is 0 Å². The Hall–Kier alpha value is -2.59. The third-order valence-corrected chi connectivity index (χ3v) is 6.63. The number of rotatable bonds is 3. The highest BCUT2D eigenvalue weighted by atomic mass is 16.2. The lowest BCUT2D eigenvalue weighted by Crippen LogP contribution is -2.50. The first-order valence-corrected chi connectivity index (χ1v) is 10.8. The predicted molar refractivity (Wildman–Crippen MR) is 117 cm³/mol. The molecule has 1 N–H and O–H groups in total. The van der Waals surface area contributed by atoms with Gasteiger partial charge in [0.2, 0.25) is 5.91 Å². The quantitative estimate of drug-likeness (QED) is 0.740. The van der Waals surface area contributed by atoms with Crippen LogP contribution in [0.4, 0.5) is 0 Å². The molecule has 1 aromatic heterocycles. The van der Waals surface area contributed by atoms with Crippen LogP contribution in [0.2, 0.25) is 0 Å². The van der Waals surface area contributed by atoms with Gasteiger partial charge in [0.15, 0.2) is 0 Å². The number of fused-ring (bicyclic) bond motifs is 3. The molecule has 2 heterocycles. The smallest absolute Gasteiger partial charge is 0.226 e. The van der Waals surface area contributed by atoms with Crippen LogP contribution < -0.4 is 0 Å². The number of hydrogen-bond donors (Lipinski definition) is 1. The van der Waals surface area contributed by atoms with Crippen molar-refractivity contribution in [2.75, 3.05) is 26.2 Å². The van der Waals surface area contributed by atoms with Gasteiger partial charge in [-0.15, -0.1) is 0 Å². The number of nitrogens with one attached hydrogen (secondary N) is 1. The summed E-state index contributed by atoms with van der Waals surface area (Å²) in [6.45, 7) is 6.74. The van der Waals surface area contributed by atoms with Crippen molar-refractivity contribution in [3.63, 3.8) is 0 Å². The first-order chi connectivity index (χ1) is 14.2. The second kappa shape index (κ2) is 7.68. The number of hydrogen-bond acceptors (Lipinski definition) is 2. The number of benzene rings is 2. The van der Waals surface area contributed by atoms with E-state index in [4.69, 9.17) is 0 Å². The monoisotopic (exact) mass is 387 g/mol. The van der Waals surface area contributed by atoms with E-state index in [0.29, 0.717) is 5.91 Å². The number of piperazine rings is 1. The first-order valence-electron chi connectivity index (χ1n) is 10.8. The fraction of sp³-hybridized carbons (Fsp3) is 0.400. The van der Waals surface area contributed by atoms with Gasteiger partial charge in [-0.25, -0.2) is 0 Å². The highest BCUT2D eigenvalue weighted by molar-refractivity contribution is 5.87. The molecule has 1 unspecified atom stereocenters. The average Bonchev–Trinajstić information content (AvgIpc) is 3.11. The Morgan fingerprint density at radius 2 is 1.86 bits per heavy atom. The molecular weight excluding hydrogens is 358 g/mol. The number of aryl methyl sites for hydroxylation is 2. The van der Waals surface area contributed by atoms with Crippen molar-refractivity contribution in [1.82, 2.24) is 14.8 Å². The van der Waals surface area contributed by atoms with Crippen molar-refractivity contribution in [2.24, 2.45) is 5.92 Å². The second-order valence-electron chi connectivity index (χ2n) is 8.66. The molecule has 2 aromatic carbocycles. The third-order valence-electron chi connectivity index (χ3n) is 6.63. The Labute approximate surface area is 172 Å². The number of carbonyl (C=O) groups is 1. The van der Waals surface area contributed by atoms with Crippen molar-refractivity contribution in [1.29, 1.82) is 0 Å². The zero-order valence-corrected chi connectivity index (χ0v) is 17.2. The topological polar surface area (TPSA) is 39.3 Å². The van der Waals surface area contributed by atoms with Crippen LogP contribution in [-0.4, -0.2) is 46.9 Å². The fourth-order valence-corrected chi connectivity index (χ4v) is 4.97. The number of carbonyl (C=O) groups excluding carboxylic acids is 1. The Morgan fingerprint density at radius 3 is 2.66 bits per heavy atom. The van der Waals surface area contributed by atoms with E-state index in [1.807, 2.05) is 0 Å². The zero-order valence-electron chi connectivity index (χ0n) is 17.2. The van der Waals surface area contributed by atoms with E-state index >= 15 is 0 Å². The van der Waals surface area contributed by atoms with Crippen LogP contribution >= 0.6 is 0 Å². The molecule has 0 spiro atoms. The van der Waals surface area contributed by atoms with Gasteiger partial charge < -0.3 is 9.88 Å². The summed E-state index contributed by atoms with van der Waals surface area (Å²) >= 11 is 0. The molecule has 0 radical (unpaired) electrons. The standard InChI is InChI=1S/C25H29N3O/c1-18-7-9-23-21(15-18)22-16-20(8-10-24(22)26-23)25(29)28-13-11-27(12-14-28)17-19-5-3-2-4-6-19/h2-7,9,15,20,26H,8,10-14,16-17H2,1H3. The van der Waals surface area contributed by atoms with Crippen molar-refractivity contribution in [3.05, 3.63) is 70.9 Å². The lowest BCUT2D eigenvalue weighted by Gasteiger charge is -2.37. The van der Waals surface area contributed by atoms with E-state index in [-0.39, 0.29) is 5.92 Å². The Balaban J connectivity index is 1.23. The van der Waals surface area contributed by atoms with Crippen molar-refractivity contribution in [3.8, 4) is 0 Å². The average molecular weight is 388 g/mol. The summed E-state index contributed by atoms with van der Waals surface area (Å²) < 4.78 is 0. The van der Waals surface area contributed by atoms with Crippen LogP contribution in [0.1, 0.15) is 28.8 Å². The van der Waals surface area contributed by atoms with Crippen LogP contribution in [0, 0.1) is 12.8 Å². The molecule has 150 valence electrons. The highest BCUT2D eigenvalue weighted by Crippen LogP contribution is 2.33. The van der Waals surface area contributed by atoms with Gasteiger partial charge in [-0.05, 0) is 49.4 Å². The Bertz CT molecular complexity index is 1020. The molecule has 1 aliphatic heterocycles. The molecule has 4 heteroatoms. The van der Waals surface area contributed by atoms with Gasteiger partial charge in [-0.1, -0.05) is 42.0 Å². The minimum Gasteiger partial charge on any atom is -0.358 e. The van der Waals surface area contributed by atoms with Crippen LogP contribution in [-0.2, 0) is 24.2 Å². The van der Waals surface area contributed by atoms with Gasteiger partial charge >= 0.3 is 0 Å². The summed E-state index contributed by atoms with van der Waals surface area (Å²) in [6.07, 6.45) is 2.82. The summed E-state index contributed by atoms with van der Waals surface area (Å²) in [5, 5.41) is 1.31. The van der Waals surface area contributed by atoms with Crippen molar-refractivity contribution < 1.29 is 4.79 Å². The van der Waals surface area contributed by atoms with Gasteiger partial charge in [-0.3, -0.25) is 9.69 Å². The molecular formula is C25H29N3O. The summed E-state index contributed by atoms with van der Waals surface area (Å²) in [5.74, 6) is 0.486. The third kappa shape index (κ3) is 3.69. The molecule has 4 nitrogen and oxygen atoms in total. The molecule has 1 saturated heterocycles. The molecule has 29 heavy (non-hydrogen) atoms. The lowest BCUT2D eigenvalue weighted by molar-refractivity contribution is -0.137. The largest absolute Gasteiger partial charge is 0.358 e. The van der Waals surface area contributed by atoms with Crippen LogP contribution in [0.3, 0.4) is 0 Å². The van der Waals surface area contributed by atoms with E-state index in [1.54, 1.807) is 0 Å². The summed E-state index contributed by atoms with van der Waals surface area (Å²) in [4.78, 5) is 21.4.